The van der Waals surface area contributed by atoms with E-state index in [0.29, 0.717) is 28.9 Å². The second-order valence-corrected chi connectivity index (χ2v) is 7.23. The molecule has 0 saturated carbocycles. The van der Waals surface area contributed by atoms with Crippen LogP contribution in [0.4, 0.5) is 0 Å². The topological polar surface area (TPSA) is 104 Å². The Balaban J connectivity index is 1.77. The van der Waals surface area contributed by atoms with Crippen molar-refractivity contribution in [3.63, 3.8) is 0 Å². The number of carbonyl (C=O) groups excluding carboxylic acids is 2. The van der Waals surface area contributed by atoms with Crippen LogP contribution in [-0.4, -0.2) is 24.6 Å². The molecule has 0 aliphatic rings. The third-order valence-corrected chi connectivity index (χ3v) is 4.61. The smallest absolute Gasteiger partial charge is 0.287 e. The van der Waals surface area contributed by atoms with E-state index >= 15 is 0 Å². The van der Waals surface area contributed by atoms with Crippen LogP contribution >= 0.6 is 0 Å². The van der Waals surface area contributed by atoms with Crippen LogP contribution in [0.1, 0.15) is 40.4 Å². The lowest BCUT2D eigenvalue weighted by atomic mass is 10.1. The second kappa shape index (κ2) is 12.4. The largest absolute Gasteiger partial charge is 0.494 e. The summed E-state index contributed by atoms with van der Waals surface area (Å²) in [6.07, 6.45) is 3.92. The van der Waals surface area contributed by atoms with Crippen LogP contribution in [-0.2, 0) is 4.79 Å². The van der Waals surface area contributed by atoms with Gasteiger partial charge in [0.1, 0.15) is 11.4 Å². The molecule has 7 nitrogen and oxygen atoms in total. The van der Waals surface area contributed by atoms with Gasteiger partial charge in [-0.2, -0.15) is 10.4 Å². The normalized spacial score (nSPS) is 11.0. The molecule has 3 rings (SSSR count). The van der Waals surface area contributed by atoms with Crippen LogP contribution in [0.25, 0.3) is 6.08 Å². The summed E-state index contributed by atoms with van der Waals surface area (Å²) in [6.45, 7) is 2.65. The van der Waals surface area contributed by atoms with Gasteiger partial charge in [0.2, 0.25) is 0 Å². The Kier molecular flexibility index (Phi) is 8.71. The van der Waals surface area contributed by atoms with Crippen molar-refractivity contribution in [2.45, 2.75) is 13.3 Å². The lowest BCUT2D eigenvalue weighted by Crippen LogP contribution is -2.32. The number of nitriles is 1. The molecule has 0 fully saturated rings. The fourth-order valence-corrected chi connectivity index (χ4v) is 2.86. The van der Waals surface area contributed by atoms with Gasteiger partial charge in [-0.3, -0.25) is 9.59 Å². The average Bonchev–Trinajstić information content (AvgIpc) is 2.88. The fourth-order valence-electron chi connectivity index (χ4n) is 2.86. The molecule has 170 valence electrons. The summed E-state index contributed by atoms with van der Waals surface area (Å²) in [5.41, 5.74) is 4.84. The van der Waals surface area contributed by atoms with Crippen molar-refractivity contribution in [1.82, 2.24) is 10.7 Å². The summed E-state index contributed by atoms with van der Waals surface area (Å²) in [7, 11) is 0. The van der Waals surface area contributed by atoms with E-state index in [1.54, 1.807) is 84.9 Å². The first-order valence-electron chi connectivity index (χ1n) is 10.7. The van der Waals surface area contributed by atoms with E-state index in [0.717, 1.165) is 12.2 Å². The minimum absolute atomic E-state index is 0.0352. The predicted octanol–water partition coefficient (Wildman–Crippen LogP) is 4.27. The molecule has 2 N–H and O–H groups in total. The Morgan fingerprint density at radius 3 is 2.29 bits per heavy atom. The highest BCUT2D eigenvalue weighted by atomic mass is 16.5. The molecule has 3 aromatic carbocycles. The summed E-state index contributed by atoms with van der Waals surface area (Å²) < 4.78 is 5.59. The van der Waals surface area contributed by atoms with Gasteiger partial charge in [0.15, 0.2) is 0 Å². The van der Waals surface area contributed by atoms with Gasteiger partial charge in [-0.05, 0) is 60.0 Å². The Morgan fingerprint density at radius 1 is 0.971 bits per heavy atom. The first kappa shape index (κ1) is 24.0. The van der Waals surface area contributed by atoms with E-state index in [4.69, 9.17) is 10.00 Å². The zero-order valence-electron chi connectivity index (χ0n) is 18.7. The number of rotatable bonds is 9. The number of hydrogen-bond acceptors (Lipinski definition) is 5. The molecule has 0 atom stereocenters. The van der Waals surface area contributed by atoms with Gasteiger partial charge in [0.05, 0.1) is 24.5 Å². The maximum absolute atomic E-state index is 12.8. The number of hydrogen-bond donors (Lipinski definition) is 2. The highest BCUT2D eigenvalue weighted by Gasteiger charge is 2.14. The van der Waals surface area contributed by atoms with Gasteiger partial charge < -0.3 is 10.1 Å². The molecule has 0 spiro atoms. The van der Waals surface area contributed by atoms with Crippen LogP contribution in [0, 0.1) is 11.3 Å². The van der Waals surface area contributed by atoms with Crippen molar-refractivity contribution in [3.05, 3.63) is 107 Å². The number of hydrazone groups is 1. The molecule has 3 aromatic rings. The van der Waals surface area contributed by atoms with Gasteiger partial charge >= 0.3 is 0 Å². The molecule has 0 aromatic heterocycles. The molecular weight excluding hydrogens is 428 g/mol. The molecule has 0 unspecified atom stereocenters. The van der Waals surface area contributed by atoms with Crippen molar-refractivity contribution >= 4 is 24.1 Å². The predicted molar refractivity (Wildman–Crippen MR) is 131 cm³/mol. The first-order valence-corrected chi connectivity index (χ1v) is 10.7. The monoisotopic (exact) mass is 452 g/mol. The van der Waals surface area contributed by atoms with E-state index in [1.165, 1.54) is 6.21 Å². The summed E-state index contributed by atoms with van der Waals surface area (Å²) >= 11 is 0. The third-order valence-electron chi connectivity index (χ3n) is 4.61. The molecule has 0 aliphatic heterocycles. The lowest BCUT2D eigenvalue weighted by Gasteiger charge is -2.10. The maximum atomic E-state index is 12.8. The van der Waals surface area contributed by atoms with E-state index < -0.39 is 11.8 Å². The summed E-state index contributed by atoms with van der Waals surface area (Å²) in [4.78, 5) is 25.5. The molecular formula is C27H24N4O3. The van der Waals surface area contributed by atoms with Crippen LogP contribution in [0.5, 0.6) is 5.75 Å². The van der Waals surface area contributed by atoms with Crippen LogP contribution in [0.15, 0.2) is 89.7 Å². The third kappa shape index (κ3) is 7.18. The molecule has 7 heteroatoms. The highest BCUT2D eigenvalue weighted by molar-refractivity contribution is 6.05. The molecule has 0 radical (unpaired) electrons. The molecule has 0 bridgehead atoms. The summed E-state index contributed by atoms with van der Waals surface area (Å²) in [5, 5.41) is 15.5. The Labute approximate surface area is 198 Å². The van der Waals surface area contributed by atoms with Gasteiger partial charge in [-0.25, -0.2) is 5.43 Å². The van der Waals surface area contributed by atoms with E-state index in [2.05, 4.69) is 15.8 Å². The fraction of sp³-hybridized carbons (Fsp3) is 0.111. The zero-order valence-corrected chi connectivity index (χ0v) is 18.7. The quantitative estimate of drug-likeness (QED) is 0.287. The van der Waals surface area contributed by atoms with E-state index in [9.17, 15) is 9.59 Å². The summed E-state index contributed by atoms with van der Waals surface area (Å²) in [5.74, 6) is -0.271. The standard InChI is InChI=1S/C27H24N4O3/c1-2-16-34-24-14-12-20(13-15-24)17-25(30-26(32)23-6-4-3-5-7-23)27(33)31-29-19-22-10-8-21(18-28)9-11-22/h3-15,17,19H,2,16H2,1H3,(H,30,32)(H,31,33). The minimum Gasteiger partial charge on any atom is -0.494 e. The number of benzene rings is 3. The molecule has 0 aliphatic carbocycles. The Bertz CT molecular complexity index is 1210. The Morgan fingerprint density at radius 2 is 1.65 bits per heavy atom. The molecule has 2 amide bonds. The van der Waals surface area contributed by atoms with E-state index in [-0.39, 0.29) is 5.70 Å². The second-order valence-electron chi connectivity index (χ2n) is 7.23. The van der Waals surface area contributed by atoms with Crippen LogP contribution < -0.4 is 15.5 Å². The molecule has 34 heavy (non-hydrogen) atoms. The number of nitrogens with one attached hydrogen (secondary N) is 2. The van der Waals surface area contributed by atoms with Crippen molar-refractivity contribution in [2.24, 2.45) is 5.10 Å². The van der Waals surface area contributed by atoms with Gasteiger partial charge in [-0.15, -0.1) is 0 Å². The van der Waals surface area contributed by atoms with Crippen molar-refractivity contribution < 1.29 is 14.3 Å². The van der Waals surface area contributed by atoms with E-state index in [1.807, 2.05) is 13.0 Å². The first-order chi connectivity index (χ1) is 16.6. The SMILES string of the molecule is CCCOc1ccc(C=C(NC(=O)c2ccccc2)C(=O)NN=Cc2ccc(C#N)cc2)cc1. The van der Waals surface area contributed by atoms with Crippen molar-refractivity contribution in [2.75, 3.05) is 6.61 Å². The number of nitrogens with zero attached hydrogens (tertiary/aromatic N) is 2. The number of ether oxygens (including phenoxy) is 1. The maximum Gasteiger partial charge on any atom is 0.287 e. The van der Waals surface area contributed by atoms with Crippen LogP contribution in [0.3, 0.4) is 0 Å². The van der Waals surface area contributed by atoms with Gasteiger partial charge in [0, 0.05) is 5.56 Å². The highest BCUT2D eigenvalue weighted by Crippen LogP contribution is 2.15. The number of amides is 2. The van der Waals surface area contributed by atoms with Crippen LogP contribution in [0.2, 0.25) is 0 Å². The average molecular weight is 453 g/mol. The summed E-state index contributed by atoms with van der Waals surface area (Å²) in [6, 6.07) is 24.6. The molecule has 0 saturated heterocycles. The van der Waals surface area contributed by atoms with Gasteiger partial charge in [-0.1, -0.05) is 49.4 Å². The van der Waals surface area contributed by atoms with Gasteiger partial charge in [0.25, 0.3) is 11.8 Å². The van der Waals surface area contributed by atoms with Crippen molar-refractivity contribution in [3.8, 4) is 11.8 Å². The minimum atomic E-state index is -0.583. The zero-order chi connectivity index (χ0) is 24.2. The number of carbonyl (C=O) groups is 2. The van der Waals surface area contributed by atoms with Crippen molar-refractivity contribution in [1.29, 1.82) is 5.26 Å². The Hall–Kier alpha value is -4.70. The molecule has 0 heterocycles. The lowest BCUT2D eigenvalue weighted by molar-refractivity contribution is -0.117.